The third-order valence-electron chi connectivity index (χ3n) is 3.42. The monoisotopic (exact) mass is 387 g/mol. The van der Waals surface area contributed by atoms with Gasteiger partial charge in [0, 0.05) is 5.69 Å². The van der Waals surface area contributed by atoms with Gasteiger partial charge in [0.15, 0.2) is 11.5 Å². The van der Waals surface area contributed by atoms with Gasteiger partial charge in [-0.3, -0.25) is 9.59 Å². The number of hydrogen-bond acceptors (Lipinski definition) is 5. The van der Waals surface area contributed by atoms with E-state index in [1.54, 1.807) is 18.2 Å². The van der Waals surface area contributed by atoms with Crippen LogP contribution in [0.1, 0.15) is 25.8 Å². The molecule has 0 radical (unpaired) electrons. The zero-order valence-electron chi connectivity index (χ0n) is 15.7. The SMILES string of the molecule is CCCOc1ccc(/C=N/NC(=O)C(=O)Nc2ccc(F)cc2)cc1OCC. The van der Waals surface area contributed by atoms with Gasteiger partial charge in [-0.1, -0.05) is 6.92 Å². The maximum absolute atomic E-state index is 12.8. The van der Waals surface area contributed by atoms with Crippen molar-refractivity contribution in [2.75, 3.05) is 18.5 Å². The van der Waals surface area contributed by atoms with Gasteiger partial charge in [-0.05, 0) is 61.4 Å². The number of halogens is 1. The number of nitrogens with one attached hydrogen (secondary N) is 2. The maximum atomic E-state index is 12.8. The summed E-state index contributed by atoms with van der Waals surface area (Å²) in [5.41, 5.74) is 3.09. The molecule has 2 rings (SSSR count). The third-order valence-corrected chi connectivity index (χ3v) is 3.42. The van der Waals surface area contributed by atoms with Crippen LogP contribution in [-0.4, -0.2) is 31.2 Å². The summed E-state index contributed by atoms with van der Waals surface area (Å²) in [5, 5.41) is 6.11. The molecule has 0 aliphatic heterocycles. The lowest BCUT2D eigenvalue weighted by Gasteiger charge is -2.11. The topological polar surface area (TPSA) is 89.0 Å². The van der Waals surface area contributed by atoms with Gasteiger partial charge in [-0.15, -0.1) is 0 Å². The Balaban J connectivity index is 1.95. The molecular formula is C20H22FN3O4. The molecule has 0 atom stereocenters. The van der Waals surface area contributed by atoms with Crippen molar-refractivity contribution in [1.29, 1.82) is 0 Å². The molecule has 0 spiro atoms. The van der Waals surface area contributed by atoms with E-state index in [0.717, 1.165) is 6.42 Å². The van der Waals surface area contributed by atoms with Crippen molar-refractivity contribution in [1.82, 2.24) is 5.43 Å². The highest BCUT2D eigenvalue weighted by atomic mass is 19.1. The molecule has 0 saturated heterocycles. The average Bonchev–Trinajstić information content (AvgIpc) is 2.69. The highest BCUT2D eigenvalue weighted by Gasteiger charge is 2.13. The van der Waals surface area contributed by atoms with Crippen molar-refractivity contribution in [3.63, 3.8) is 0 Å². The number of benzene rings is 2. The van der Waals surface area contributed by atoms with Gasteiger partial charge in [0.2, 0.25) is 0 Å². The van der Waals surface area contributed by atoms with Gasteiger partial charge in [-0.25, -0.2) is 9.82 Å². The number of rotatable bonds is 8. The molecule has 7 nitrogen and oxygen atoms in total. The van der Waals surface area contributed by atoms with Crippen molar-refractivity contribution in [2.24, 2.45) is 5.10 Å². The number of anilines is 1. The van der Waals surface area contributed by atoms with E-state index in [-0.39, 0.29) is 0 Å². The summed E-state index contributed by atoms with van der Waals surface area (Å²) in [5.74, 6) is -1.11. The molecule has 2 amide bonds. The van der Waals surface area contributed by atoms with Crippen LogP contribution in [0, 0.1) is 5.82 Å². The van der Waals surface area contributed by atoms with E-state index in [2.05, 4.69) is 15.8 Å². The lowest BCUT2D eigenvalue weighted by Crippen LogP contribution is -2.32. The van der Waals surface area contributed by atoms with Crippen LogP contribution < -0.4 is 20.2 Å². The molecule has 0 aromatic heterocycles. The first-order valence-electron chi connectivity index (χ1n) is 8.83. The zero-order valence-corrected chi connectivity index (χ0v) is 15.7. The third kappa shape index (κ3) is 6.39. The van der Waals surface area contributed by atoms with Crippen LogP contribution in [0.2, 0.25) is 0 Å². The van der Waals surface area contributed by atoms with Gasteiger partial charge in [-0.2, -0.15) is 5.10 Å². The fraction of sp³-hybridized carbons (Fsp3) is 0.250. The van der Waals surface area contributed by atoms with Crippen LogP contribution in [0.3, 0.4) is 0 Å². The zero-order chi connectivity index (χ0) is 20.4. The van der Waals surface area contributed by atoms with Gasteiger partial charge < -0.3 is 14.8 Å². The Morgan fingerprint density at radius 3 is 2.46 bits per heavy atom. The van der Waals surface area contributed by atoms with E-state index < -0.39 is 17.6 Å². The molecule has 2 aromatic rings. The van der Waals surface area contributed by atoms with Crippen LogP contribution in [0.15, 0.2) is 47.6 Å². The molecule has 0 fully saturated rings. The van der Waals surface area contributed by atoms with E-state index in [0.29, 0.717) is 36.0 Å². The Labute approximate surface area is 162 Å². The number of hydrogen-bond donors (Lipinski definition) is 2. The summed E-state index contributed by atoms with van der Waals surface area (Å²) in [6, 6.07) is 10.3. The van der Waals surface area contributed by atoms with E-state index in [1.807, 2.05) is 13.8 Å². The van der Waals surface area contributed by atoms with Crippen molar-refractivity contribution in [2.45, 2.75) is 20.3 Å². The number of carbonyl (C=O) groups excluding carboxylic acids is 2. The highest BCUT2D eigenvalue weighted by Crippen LogP contribution is 2.28. The Hall–Kier alpha value is -3.42. The second kappa shape index (κ2) is 10.7. The largest absolute Gasteiger partial charge is 0.490 e. The Morgan fingerprint density at radius 2 is 1.79 bits per heavy atom. The summed E-state index contributed by atoms with van der Waals surface area (Å²) < 4.78 is 24.0. The molecule has 2 N–H and O–H groups in total. The summed E-state index contributed by atoms with van der Waals surface area (Å²) in [6.45, 7) is 4.93. The number of hydrazone groups is 1. The number of carbonyl (C=O) groups is 2. The van der Waals surface area contributed by atoms with E-state index >= 15 is 0 Å². The first-order valence-corrected chi connectivity index (χ1v) is 8.83. The van der Waals surface area contributed by atoms with Crippen LogP contribution >= 0.6 is 0 Å². The second-order valence-electron chi connectivity index (χ2n) is 5.65. The molecular weight excluding hydrogens is 365 g/mol. The lowest BCUT2D eigenvalue weighted by molar-refractivity contribution is -0.136. The van der Waals surface area contributed by atoms with Gasteiger partial charge in [0.05, 0.1) is 19.4 Å². The molecule has 0 bridgehead atoms. The van der Waals surface area contributed by atoms with Crippen LogP contribution in [0.5, 0.6) is 11.5 Å². The second-order valence-corrected chi connectivity index (χ2v) is 5.65. The number of amides is 2. The number of ether oxygens (including phenoxy) is 2. The predicted octanol–water partition coefficient (Wildman–Crippen LogP) is 3.10. The van der Waals surface area contributed by atoms with Gasteiger partial charge in [0.25, 0.3) is 0 Å². The highest BCUT2D eigenvalue weighted by molar-refractivity contribution is 6.39. The van der Waals surface area contributed by atoms with Crippen LogP contribution in [0.4, 0.5) is 10.1 Å². The van der Waals surface area contributed by atoms with E-state index in [4.69, 9.17) is 9.47 Å². The Kier molecular flexibility index (Phi) is 7.95. The number of nitrogens with zero attached hydrogens (tertiary/aromatic N) is 1. The van der Waals surface area contributed by atoms with Crippen LogP contribution in [0.25, 0.3) is 0 Å². The fourth-order valence-electron chi connectivity index (χ4n) is 2.14. The van der Waals surface area contributed by atoms with Gasteiger partial charge in [0.1, 0.15) is 5.82 Å². The lowest BCUT2D eigenvalue weighted by atomic mass is 10.2. The van der Waals surface area contributed by atoms with Crippen LogP contribution in [-0.2, 0) is 9.59 Å². The summed E-state index contributed by atoms with van der Waals surface area (Å²) in [6.07, 6.45) is 2.26. The summed E-state index contributed by atoms with van der Waals surface area (Å²) in [4.78, 5) is 23.6. The standard InChI is InChI=1S/C20H22FN3O4/c1-3-11-28-17-10-5-14(12-18(17)27-4-2)13-22-24-20(26)19(25)23-16-8-6-15(21)7-9-16/h5-10,12-13H,3-4,11H2,1-2H3,(H,23,25)(H,24,26)/b22-13+. The fourth-order valence-corrected chi connectivity index (χ4v) is 2.14. The van der Waals surface area contributed by atoms with E-state index in [1.165, 1.54) is 30.5 Å². The van der Waals surface area contributed by atoms with Crippen molar-refractivity contribution < 1.29 is 23.5 Å². The first kappa shape index (κ1) is 20.9. The predicted molar refractivity (Wildman–Crippen MR) is 104 cm³/mol. The molecule has 148 valence electrons. The molecule has 0 saturated carbocycles. The maximum Gasteiger partial charge on any atom is 0.329 e. The minimum Gasteiger partial charge on any atom is -0.490 e. The molecule has 0 heterocycles. The molecule has 0 unspecified atom stereocenters. The van der Waals surface area contributed by atoms with Crippen molar-refractivity contribution >= 4 is 23.7 Å². The summed E-state index contributed by atoms with van der Waals surface area (Å²) in [7, 11) is 0. The Bertz CT molecular complexity index is 838. The van der Waals surface area contributed by atoms with Crippen molar-refractivity contribution in [3.05, 3.63) is 53.8 Å². The van der Waals surface area contributed by atoms with E-state index in [9.17, 15) is 14.0 Å². The van der Waals surface area contributed by atoms with Crippen molar-refractivity contribution in [3.8, 4) is 11.5 Å². The minimum absolute atomic E-state index is 0.301. The molecule has 2 aromatic carbocycles. The quantitative estimate of drug-likeness (QED) is 0.414. The van der Waals surface area contributed by atoms with Gasteiger partial charge >= 0.3 is 11.8 Å². The summed E-state index contributed by atoms with van der Waals surface area (Å²) >= 11 is 0. The first-order chi connectivity index (χ1) is 13.5. The molecule has 28 heavy (non-hydrogen) atoms. The average molecular weight is 387 g/mol. The molecule has 8 heteroatoms. The molecule has 0 aliphatic rings. The minimum atomic E-state index is -0.950. The smallest absolute Gasteiger partial charge is 0.329 e. The normalized spacial score (nSPS) is 10.5. The molecule has 0 aliphatic carbocycles. The Morgan fingerprint density at radius 1 is 1.04 bits per heavy atom.